The summed E-state index contributed by atoms with van der Waals surface area (Å²) in [6.07, 6.45) is -3.42. The molecule has 0 unspecified atom stereocenters. The molecule has 0 saturated carbocycles. The van der Waals surface area contributed by atoms with E-state index < -0.39 is 54.1 Å². The molecule has 0 aliphatic rings. The fourth-order valence-corrected chi connectivity index (χ4v) is 2.97. The Morgan fingerprint density at radius 1 is 0.944 bits per heavy atom. The summed E-state index contributed by atoms with van der Waals surface area (Å²) in [5, 5.41) is 29.7. The average molecular weight is 501 g/mol. The van der Waals surface area contributed by atoms with Gasteiger partial charge in [0.25, 0.3) is 0 Å². The summed E-state index contributed by atoms with van der Waals surface area (Å²) in [6, 6.07) is 11.5. The Hall–Kier alpha value is -4.91. The molecule has 0 fully saturated rings. The van der Waals surface area contributed by atoms with E-state index in [4.69, 9.17) is 23.7 Å². The maximum Gasteiger partial charge on any atom is 0.413 e. The number of benzene rings is 2. The van der Waals surface area contributed by atoms with Crippen LogP contribution in [0.15, 0.2) is 63.8 Å². The van der Waals surface area contributed by atoms with Crippen molar-refractivity contribution in [3.05, 3.63) is 70.6 Å². The summed E-state index contributed by atoms with van der Waals surface area (Å²) in [5.41, 5.74) is -0.546. The number of carboxylic acid groups (broad SMARTS) is 3. The fraction of sp³-hybridized carbons (Fsp3) is 0.174. The lowest BCUT2D eigenvalue weighted by Crippen LogP contribution is -2.53. The van der Waals surface area contributed by atoms with Crippen LogP contribution in [0.3, 0.4) is 0 Å². The maximum absolute atomic E-state index is 12.3. The number of hydrogen-bond acceptors (Lipinski definition) is 9. The number of carbonyl (C=O) groups is 4. The second kappa shape index (κ2) is 11.5. The van der Waals surface area contributed by atoms with E-state index in [0.717, 1.165) is 6.07 Å². The molecule has 0 saturated heterocycles. The number of carbonyl (C=O) groups excluding carboxylic acids is 1. The lowest BCUT2D eigenvalue weighted by atomic mass is 10.1. The Kier molecular flexibility index (Phi) is 8.20. The number of aliphatic carboxylic acids is 3. The fourth-order valence-electron chi connectivity index (χ4n) is 2.97. The minimum absolute atomic E-state index is 0.000636. The van der Waals surface area contributed by atoms with Crippen LogP contribution in [0.1, 0.15) is 5.56 Å². The van der Waals surface area contributed by atoms with E-state index >= 15 is 0 Å². The van der Waals surface area contributed by atoms with Crippen molar-refractivity contribution < 1.29 is 53.1 Å². The highest BCUT2D eigenvalue weighted by atomic mass is 16.6. The van der Waals surface area contributed by atoms with Crippen molar-refractivity contribution in [3.63, 3.8) is 0 Å². The number of ether oxygens (including phenoxy) is 3. The van der Waals surface area contributed by atoms with Crippen molar-refractivity contribution in [2.24, 2.45) is 0 Å². The molecule has 2 atom stereocenters. The summed E-state index contributed by atoms with van der Waals surface area (Å²) in [4.78, 5) is 58.5. The van der Waals surface area contributed by atoms with E-state index in [1.165, 1.54) is 18.2 Å². The monoisotopic (exact) mass is 501 g/mol. The van der Waals surface area contributed by atoms with Gasteiger partial charge in [0.2, 0.25) is 5.75 Å². The van der Waals surface area contributed by atoms with Gasteiger partial charge in [-0.1, -0.05) is 30.3 Å². The highest BCUT2D eigenvalue weighted by molar-refractivity contribution is 5.88. The third kappa shape index (κ3) is 6.80. The molecule has 3 rings (SSSR count). The van der Waals surface area contributed by atoms with Gasteiger partial charge in [0.15, 0.2) is 18.8 Å². The third-order valence-corrected chi connectivity index (χ3v) is 4.60. The molecular weight excluding hydrogens is 482 g/mol. The average Bonchev–Trinajstić information content (AvgIpc) is 2.83. The first-order valence-corrected chi connectivity index (χ1v) is 10.2. The van der Waals surface area contributed by atoms with Gasteiger partial charge in [0, 0.05) is 11.5 Å². The predicted octanol–water partition coefficient (Wildman–Crippen LogP) is 1.47. The predicted molar refractivity (Wildman–Crippen MR) is 119 cm³/mol. The number of fused-ring (bicyclic) bond motifs is 1. The maximum atomic E-state index is 12.3. The summed E-state index contributed by atoms with van der Waals surface area (Å²) in [7, 11) is 0. The highest BCUT2D eigenvalue weighted by Crippen LogP contribution is 2.22. The summed E-state index contributed by atoms with van der Waals surface area (Å²) in [5.74, 6) is -5.07. The topological polar surface area (TPSA) is 199 Å². The Morgan fingerprint density at radius 3 is 2.31 bits per heavy atom. The van der Waals surface area contributed by atoms with Crippen LogP contribution in [0.5, 0.6) is 11.5 Å². The molecule has 13 heteroatoms. The van der Waals surface area contributed by atoms with Crippen LogP contribution >= 0.6 is 0 Å². The first-order valence-electron chi connectivity index (χ1n) is 10.2. The van der Waals surface area contributed by atoms with Crippen molar-refractivity contribution in [1.29, 1.82) is 0 Å². The Balaban J connectivity index is 1.73. The van der Waals surface area contributed by atoms with Gasteiger partial charge in [-0.15, -0.1) is 0 Å². The summed E-state index contributed by atoms with van der Waals surface area (Å²) < 4.78 is 20.1. The smallest absolute Gasteiger partial charge is 0.413 e. The molecule has 13 nitrogen and oxygen atoms in total. The van der Waals surface area contributed by atoms with Crippen LogP contribution in [-0.2, 0) is 25.7 Å². The van der Waals surface area contributed by atoms with Crippen molar-refractivity contribution in [1.82, 2.24) is 5.32 Å². The van der Waals surface area contributed by atoms with Crippen LogP contribution in [0, 0.1) is 0 Å². The van der Waals surface area contributed by atoms with Gasteiger partial charge in [-0.05, 0) is 23.8 Å². The van der Waals surface area contributed by atoms with Crippen LogP contribution < -0.4 is 20.4 Å². The van der Waals surface area contributed by atoms with E-state index in [9.17, 15) is 34.2 Å². The number of hydrogen-bond donors (Lipinski definition) is 4. The van der Waals surface area contributed by atoms with E-state index in [1.54, 1.807) is 30.3 Å². The normalized spacial score (nSPS) is 12.3. The zero-order chi connectivity index (χ0) is 26.2. The first kappa shape index (κ1) is 25.7. The molecule has 4 N–H and O–H groups in total. The van der Waals surface area contributed by atoms with Crippen molar-refractivity contribution in [2.45, 2.75) is 18.8 Å². The van der Waals surface area contributed by atoms with Gasteiger partial charge in [0.1, 0.15) is 11.3 Å². The lowest BCUT2D eigenvalue weighted by molar-refractivity contribution is -0.161. The lowest BCUT2D eigenvalue weighted by Gasteiger charge is -2.21. The molecule has 1 aromatic heterocycles. The zero-order valence-electron chi connectivity index (χ0n) is 18.3. The third-order valence-electron chi connectivity index (χ3n) is 4.60. The van der Waals surface area contributed by atoms with Crippen LogP contribution in [0.25, 0.3) is 11.0 Å². The van der Waals surface area contributed by atoms with E-state index in [1.807, 2.05) is 5.32 Å². The Labute approximate surface area is 201 Å². The second-order valence-corrected chi connectivity index (χ2v) is 7.19. The Morgan fingerprint density at radius 2 is 1.67 bits per heavy atom. The first-order chi connectivity index (χ1) is 17.1. The number of nitrogens with one attached hydrogen (secondary N) is 1. The molecule has 2 aromatic carbocycles. The number of amides is 1. The van der Waals surface area contributed by atoms with Gasteiger partial charge >= 0.3 is 29.6 Å². The standard InChI is InChI=1S/C23H19NO12/c25-17(26)11-33-14-7-6-13-8-16(22(31)35-15(13)9-14)36-23(32)24-18(20(27)28)19(21(29)30)34-10-12-4-2-1-3-5-12/h1-9,18-19H,10-11H2,(H,24,32)(H,25,26)(H,27,28)(H,29,30)/t18-,19-/m0/s1. The SMILES string of the molecule is O=C(O)COc1ccc2cc(OC(=O)N[C@H](C(=O)O)[C@H](OCc3ccccc3)C(=O)O)c(=O)oc2c1. The van der Waals surface area contributed by atoms with E-state index in [0.29, 0.717) is 5.56 Å². The van der Waals surface area contributed by atoms with Crippen molar-refractivity contribution in [2.75, 3.05) is 6.61 Å². The van der Waals surface area contributed by atoms with Gasteiger partial charge in [-0.2, -0.15) is 0 Å². The van der Waals surface area contributed by atoms with Crippen LogP contribution in [0.2, 0.25) is 0 Å². The molecule has 0 spiro atoms. The van der Waals surface area contributed by atoms with E-state index in [-0.39, 0.29) is 23.3 Å². The van der Waals surface area contributed by atoms with Crippen molar-refractivity contribution >= 4 is 35.0 Å². The molecular formula is C23H19NO12. The minimum atomic E-state index is -2.06. The van der Waals surface area contributed by atoms with Crippen molar-refractivity contribution in [3.8, 4) is 11.5 Å². The number of carboxylic acids is 3. The molecule has 1 amide bonds. The van der Waals surface area contributed by atoms with Gasteiger partial charge in [0.05, 0.1) is 6.61 Å². The van der Waals surface area contributed by atoms with Gasteiger partial charge < -0.3 is 39.3 Å². The summed E-state index contributed by atoms with van der Waals surface area (Å²) >= 11 is 0. The van der Waals surface area contributed by atoms with Crippen LogP contribution in [0.4, 0.5) is 4.79 Å². The molecule has 0 radical (unpaired) electrons. The number of rotatable bonds is 11. The molecule has 0 aliphatic carbocycles. The zero-order valence-corrected chi connectivity index (χ0v) is 18.3. The molecule has 3 aromatic rings. The largest absolute Gasteiger partial charge is 0.482 e. The quantitative estimate of drug-likeness (QED) is 0.276. The van der Waals surface area contributed by atoms with E-state index in [2.05, 4.69) is 0 Å². The van der Waals surface area contributed by atoms with Gasteiger partial charge in [-0.25, -0.2) is 24.0 Å². The molecule has 1 heterocycles. The minimum Gasteiger partial charge on any atom is -0.482 e. The molecule has 0 aliphatic heterocycles. The highest BCUT2D eigenvalue weighted by Gasteiger charge is 2.37. The molecule has 36 heavy (non-hydrogen) atoms. The van der Waals surface area contributed by atoms with Crippen LogP contribution in [-0.4, -0.2) is 58.1 Å². The Bertz CT molecular complexity index is 1330. The van der Waals surface area contributed by atoms with Gasteiger partial charge in [-0.3, -0.25) is 0 Å². The summed E-state index contributed by atoms with van der Waals surface area (Å²) in [6.45, 7) is -0.862. The second-order valence-electron chi connectivity index (χ2n) is 7.19. The molecule has 188 valence electrons. The molecule has 0 bridgehead atoms.